The van der Waals surface area contributed by atoms with E-state index in [-0.39, 0.29) is 0 Å². The minimum atomic E-state index is 0.834. The number of nitrogens with zero attached hydrogens (tertiary/aromatic N) is 1. The van der Waals surface area contributed by atoms with Gasteiger partial charge < -0.3 is 4.90 Å². The van der Waals surface area contributed by atoms with E-state index in [4.69, 9.17) is 11.6 Å². The monoisotopic (exact) mass is 349 g/mol. The van der Waals surface area contributed by atoms with Crippen LogP contribution in [0.4, 0.5) is 5.69 Å². The van der Waals surface area contributed by atoms with Crippen molar-refractivity contribution in [3.8, 4) is 0 Å². The van der Waals surface area contributed by atoms with Gasteiger partial charge in [-0.3, -0.25) is 0 Å². The van der Waals surface area contributed by atoms with Crippen LogP contribution in [0.5, 0.6) is 0 Å². The molecule has 0 N–H and O–H groups in total. The molecule has 2 aromatic rings. The van der Waals surface area contributed by atoms with E-state index >= 15 is 0 Å². The Morgan fingerprint density at radius 1 is 1.10 bits per heavy atom. The molecule has 0 aliphatic carbocycles. The highest BCUT2D eigenvalue weighted by atomic mass is 79.9. The summed E-state index contributed by atoms with van der Waals surface area (Å²) in [7, 11) is 0. The van der Waals surface area contributed by atoms with Gasteiger partial charge in [-0.25, -0.2) is 0 Å². The van der Waals surface area contributed by atoms with E-state index in [1.54, 1.807) is 0 Å². The highest BCUT2D eigenvalue weighted by Gasteiger charge is 2.16. The number of aryl methyl sites for hydroxylation is 1. The second-order valence-corrected chi connectivity index (χ2v) is 6.57. The lowest BCUT2D eigenvalue weighted by Crippen LogP contribution is -2.23. The third-order valence-electron chi connectivity index (χ3n) is 3.83. The third-order valence-corrected chi connectivity index (χ3v) is 4.68. The summed E-state index contributed by atoms with van der Waals surface area (Å²) in [5.41, 5.74) is 4.01. The van der Waals surface area contributed by atoms with Gasteiger partial charge in [-0.1, -0.05) is 51.8 Å². The smallest absolute Gasteiger partial charge is 0.0467 e. The van der Waals surface area contributed by atoms with E-state index in [1.165, 1.54) is 36.1 Å². The maximum absolute atomic E-state index is 6.36. The standard InChI is InChI=1S/C17H17BrClN/c18-15-9-8-14(16(19)11-15)12-20-10-4-3-6-13-5-1-2-7-17(13)20/h1-2,5,7-9,11H,3-4,6,10,12H2. The van der Waals surface area contributed by atoms with Crippen LogP contribution in [-0.4, -0.2) is 6.54 Å². The van der Waals surface area contributed by atoms with Gasteiger partial charge in [0.05, 0.1) is 0 Å². The lowest BCUT2D eigenvalue weighted by Gasteiger charge is -2.25. The second-order valence-electron chi connectivity index (χ2n) is 5.24. The average molecular weight is 351 g/mol. The third kappa shape index (κ3) is 3.02. The van der Waals surface area contributed by atoms with Crippen LogP contribution in [0.1, 0.15) is 24.0 Å². The predicted octanol–water partition coefficient (Wildman–Crippen LogP) is 5.45. The van der Waals surface area contributed by atoms with Crippen LogP contribution in [-0.2, 0) is 13.0 Å². The number of rotatable bonds is 2. The SMILES string of the molecule is Clc1cc(Br)ccc1CN1CCCCc2ccccc21. The Labute approximate surface area is 133 Å². The van der Waals surface area contributed by atoms with Crippen molar-refractivity contribution in [3.63, 3.8) is 0 Å². The van der Waals surface area contributed by atoms with Crippen molar-refractivity contribution >= 4 is 33.2 Å². The lowest BCUT2D eigenvalue weighted by molar-refractivity contribution is 0.714. The van der Waals surface area contributed by atoms with Gasteiger partial charge in [0, 0.05) is 28.3 Å². The summed E-state index contributed by atoms with van der Waals surface area (Å²) in [6.45, 7) is 1.98. The fourth-order valence-electron chi connectivity index (χ4n) is 2.79. The topological polar surface area (TPSA) is 3.24 Å². The Morgan fingerprint density at radius 2 is 1.95 bits per heavy atom. The van der Waals surface area contributed by atoms with E-state index in [0.29, 0.717) is 0 Å². The largest absolute Gasteiger partial charge is 0.367 e. The Bertz CT molecular complexity index is 612. The number of fused-ring (bicyclic) bond motifs is 1. The molecule has 0 aromatic heterocycles. The maximum atomic E-state index is 6.36. The van der Waals surface area contributed by atoms with Gasteiger partial charge in [-0.05, 0) is 48.6 Å². The first kappa shape index (κ1) is 14.0. The number of benzene rings is 2. The molecule has 0 radical (unpaired) electrons. The molecule has 0 saturated heterocycles. The fourth-order valence-corrected chi connectivity index (χ4v) is 3.52. The van der Waals surface area contributed by atoms with Crippen molar-refractivity contribution in [3.05, 3.63) is 63.1 Å². The number of anilines is 1. The van der Waals surface area contributed by atoms with E-state index in [1.807, 2.05) is 6.07 Å². The van der Waals surface area contributed by atoms with Gasteiger partial charge in [-0.15, -0.1) is 0 Å². The summed E-state index contributed by atoms with van der Waals surface area (Å²) in [5, 5.41) is 0.834. The highest BCUT2D eigenvalue weighted by Crippen LogP contribution is 2.29. The molecule has 0 fully saturated rings. The minimum Gasteiger partial charge on any atom is -0.367 e. The summed E-state index contributed by atoms with van der Waals surface area (Å²) in [6.07, 6.45) is 3.69. The first-order chi connectivity index (χ1) is 9.74. The van der Waals surface area contributed by atoms with E-state index in [2.05, 4.69) is 57.2 Å². The van der Waals surface area contributed by atoms with Crippen molar-refractivity contribution in [2.24, 2.45) is 0 Å². The van der Waals surface area contributed by atoms with Crippen LogP contribution in [0.2, 0.25) is 5.02 Å². The first-order valence-electron chi connectivity index (χ1n) is 7.01. The Morgan fingerprint density at radius 3 is 2.80 bits per heavy atom. The molecule has 0 bridgehead atoms. The molecule has 3 heteroatoms. The quantitative estimate of drug-likeness (QED) is 0.696. The summed E-state index contributed by atoms with van der Waals surface area (Å²) >= 11 is 9.82. The van der Waals surface area contributed by atoms with Crippen LogP contribution in [0, 0.1) is 0 Å². The summed E-state index contributed by atoms with van der Waals surface area (Å²) in [5.74, 6) is 0. The summed E-state index contributed by atoms with van der Waals surface area (Å²) in [6, 6.07) is 14.9. The first-order valence-corrected chi connectivity index (χ1v) is 8.18. The molecular formula is C17H17BrClN. The Kier molecular flexibility index (Phi) is 4.32. The zero-order chi connectivity index (χ0) is 13.9. The number of halogens is 2. The van der Waals surface area contributed by atoms with Crippen LogP contribution in [0.15, 0.2) is 46.9 Å². The van der Waals surface area contributed by atoms with Gasteiger partial charge in [0.15, 0.2) is 0 Å². The molecule has 0 spiro atoms. The molecule has 0 unspecified atom stereocenters. The Hall–Kier alpha value is -0.990. The van der Waals surface area contributed by atoms with Crippen LogP contribution in [0.3, 0.4) is 0 Å². The lowest BCUT2D eigenvalue weighted by atomic mass is 10.1. The highest BCUT2D eigenvalue weighted by molar-refractivity contribution is 9.10. The number of hydrogen-bond donors (Lipinski definition) is 0. The number of para-hydroxylation sites is 1. The van der Waals surface area contributed by atoms with E-state index in [9.17, 15) is 0 Å². The Balaban J connectivity index is 1.90. The molecule has 0 saturated carbocycles. The molecule has 0 amide bonds. The molecule has 3 rings (SSSR count). The molecule has 1 aliphatic heterocycles. The molecule has 2 aromatic carbocycles. The van der Waals surface area contributed by atoms with Gasteiger partial charge in [0.1, 0.15) is 0 Å². The van der Waals surface area contributed by atoms with Crippen molar-refractivity contribution in [1.82, 2.24) is 0 Å². The average Bonchev–Trinajstić information content (AvgIpc) is 2.65. The van der Waals surface area contributed by atoms with Crippen molar-refractivity contribution in [1.29, 1.82) is 0 Å². The summed E-state index contributed by atoms with van der Waals surface area (Å²) < 4.78 is 1.03. The zero-order valence-electron chi connectivity index (χ0n) is 11.3. The van der Waals surface area contributed by atoms with Crippen LogP contribution in [0.25, 0.3) is 0 Å². The van der Waals surface area contributed by atoms with Crippen molar-refractivity contribution in [2.75, 3.05) is 11.4 Å². The van der Waals surface area contributed by atoms with Gasteiger partial charge >= 0.3 is 0 Å². The molecule has 0 atom stereocenters. The molecular weight excluding hydrogens is 334 g/mol. The van der Waals surface area contributed by atoms with Gasteiger partial charge in [0.2, 0.25) is 0 Å². The molecule has 1 heterocycles. The minimum absolute atomic E-state index is 0.834. The van der Waals surface area contributed by atoms with Crippen molar-refractivity contribution in [2.45, 2.75) is 25.8 Å². The molecule has 1 nitrogen and oxygen atoms in total. The molecule has 1 aliphatic rings. The number of hydrogen-bond acceptors (Lipinski definition) is 1. The van der Waals surface area contributed by atoms with Crippen LogP contribution < -0.4 is 4.90 Å². The molecule has 104 valence electrons. The van der Waals surface area contributed by atoms with E-state index < -0.39 is 0 Å². The maximum Gasteiger partial charge on any atom is 0.0467 e. The van der Waals surface area contributed by atoms with E-state index in [0.717, 1.165) is 22.6 Å². The van der Waals surface area contributed by atoms with Crippen molar-refractivity contribution < 1.29 is 0 Å². The second kappa shape index (κ2) is 6.19. The van der Waals surface area contributed by atoms with Gasteiger partial charge in [-0.2, -0.15) is 0 Å². The van der Waals surface area contributed by atoms with Gasteiger partial charge in [0.25, 0.3) is 0 Å². The normalized spacial score (nSPS) is 14.8. The predicted molar refractivity (Wildman–Crippen MR) is 89.6 cm³/mol. The summed E-state index contributed by atoms with van der Waals surface area (Å²) in [4.78, 5) is 2.46. The fraction of sp³-hybridized carbons (Fsp3) is 0.294. The molecule has 20 heavy (non-hydrogen) atoms. The zero-order valence-corrected chi connectivity index (χ0v) is 13.6. The van der Waals surface area contributed by atoms with Crippen LogP contribution >= 0.6 is 27.5 Å².